The maximum Gasteiger partial charge on any atom is 0.320 e. The van der Waals surface area contributed by atoms with E-state index in [0.717, 1.165) is 30.3 Å². The molecule has 1 rings (SSSR count). The lowest BCUT2D eigenvalue weighted by atomic mass is 10.2. The SMILES string of the molecule is N[C@@H](CCSCc1ccc(N(CCCl)CCCl)cc1)C(=O)O. The van der Waals surface area contributed by atoms with Gasteiger partial charge in [-0.1, -0.05) is 12.1 Å². The van der Waals surface area contributed by atoms with Gasteiger partial charge in [0, 0.05) is 36.3 Å². The van der Waals surface area contributed by atoms with E-state index in [-0.39, 0.29) is 0 Å². The molecule has 0 radical (unpaired) electrons. The molecule has 0 saturated heterocycles. The van der Waals surface area contributed by atoms with Crippen LogP contribution in [0.25, 0.3) is 0 Å². The molecule has 0 aliphatic heterocycles. The predicted octanol–water partition coefficient (Wildman–Crippen LogP) is 3.01. The Bertz CT molecular complexity index is 440. The van der Waals surface area contributed by atoms with Crippen LogP contribution in [0.5, 0.6) is 0 Å². The number of halogens is 2. The van der Waals surface area contributed by atoms with Gasteiger partial charge in [-0.05, 0) is 29.9 Å². The van der Waals surface area contributed by atoms with E-state index < -0.39 is 12.0 Å². The fourth-order valence-electron chi connectivity index (χ4n) is 1.90. The molecule has 0 aromatic heterocycles. The van der Waals surface area contributed by atoms with Crippen molar-refractivity contribution in [3.63, 3.8) is 0 Å². The van der Waals surface area contributed by atoms with Gasteiger partial charge in [-0.15, -0.1) is 23.2 Å². The molecule has 22 heavy (non-hydrogen) atoms. The number of hydrogen-bond acceptors (Lipinski definition) is 4. The Kier molecular flexibility index (Phi) is 9.71. The molecule has 7 heteroatoms. The Balaban J connectivity index is 2.42. The van der Waals surface area contributed by atoms with Crippen molar-refractivity contribution in [3.8, 4) is 0 Å². The van der Waals surface area contributed by atoms with Crippen LogP contribution in [0, 0.1) is 0 Å². The van der Waals surface area contributed by atoms with Crippen LogP contribution in [0.1, 0.15) is 12.0 Å². The van der Waals surface area contributed by atoms with E-state index in [2.05, 4.69) is 29.2 Å². The average molecular weight is 365 g/mol. The highest BCUT2D eigenvalue weighted by Gasteiger charge is 2.10. The van der Waals surface area contributed by atoms with E-state index in [4.69, 9.17) is 34.0 Å². The first-order chi connectivity index (χ1) is 10.6. The minimum absolute atomic E-state index is 0.483. The van der Waals surface area contributed by atoms with Gasteiger partial charge in [-0.2, -0.15) is 11.8 Å². The number of anilines is 1. The highest BCUT2D eigenvalue weighted by Crippen LogP contribution is 2.19. The van der Waals surface area contributed by atoms with E-state index >= 15 is 0 Å². The third-order valence-electron chi connectivity index (χ3n) is 3.17. The summed E-state index contributed by atoms with van der Waals surface area (Å²) in [4.78, 5) is 12.8. The van der Waals surface area contributed by atoms with Gasteiger partial charge in [0.2, 0.25) is 0 Å². The lowest BCUT2D eigenvalue weighted by molar-refractivity contribution is -0.138. The summed E-state index contributed by atoms with van der Waals surface area (Å²) in [5.41, 5.74) is 7.78. The quantitative estimate of drug-likeness (QED) is 0.466. The van der Waals surface area contributed by atoms with Crippen LogP contribution >= 0.6 is 35.0 Å². The maximum absolute atomic E-state index is 10.6. The lowest BCUT2D eigenvalue weighted by Gasteiger charge is -2.23. The summed E-state index contributed by atoms with van der Waals surface area (Å²) in [6.07, 6.45) is 0.483. The summed E-state index contributed by atoms with van der Waals surface area (Å²) in [6, 6.07) is 7.52. The smallest absolute Gasteiger partial charge is 0.320 e. The first kappa shape index (κ1) is 19.4. The van der Waals surface area contributed by atoms with E-state index in [9.17, 15) is 4.79 Å². The zero-order chi connectivity index (χ0) is 16.4. The van der Waals surface area contributed by atoms with Gasteiger partial charge in [0.05, 0.1) is 0 Å². The number of carboxylic acid groups (broad SMARTS) is 1. The third kappa shape index (κ3) is 7.09. The van der Waals surface area contributed by atoms with E-state index in [1.165, 1.54) is 5.56 Å². The molecule has 1 aromatic rings. The molecule has 0 fully saturated rings. The van der Waals surface area contributed by atoms with Gasteiger partial charge >= 0.3 is 5.97 Å². The van der Waals surface area contributed by atoms with Gasteiger partial charge in [0.15, 0.2) is 0 Å². The summed E-state index contributed by atoms with van der Waals surface area (Å²) in [7, 11) is 0. The van der Waals surface area contributed by atoms with Crippen LogP contribution < -0.4 is 10.6 Å². The topological polar surface area (TPSA) is 66.6 Å². The molecule has 0 heterocycles. The monoisotopic (exact) mass is 364 g/mol. The Morgan fingerprint density at radius 2 is 1.82 bits per heavy atom. The maximum atomic E-state index is 10.6. The van der Waals surface area contributed by atoms with E-state index in [0.29, 0.717) is 18.2 Å². The van der Waals surface area contributed by atoms with Gasteiger partial charge < -0.3 is 15.7 Å². The van der Waals surface area contributed by atoms with Crippen molar-refractivity contribution in [2.24, 2.45) is 5.73 Å². The Hall–Kier alpha value is -0.620. The second kappa shape index (κ2) is 11.0. The molecule has 1 aromatic carbocycles. The molecule has 0 amide bonds. The van der Waals surface area contributed by atoms with Gasteiger partial charge in [-0.3, -0.25) is 4.79 Å². The summed E-state index contributed by atoms with van der Waals surface area (Å²) >= 11 is 13.3. The zero-order valence-electron chi connectivity index (χ0n) is 12.4. The molecule has 0 saturated carbocycles. The van der Waals surface area contributed by atoms with E-state index in [1.54, 1.807) is 11.8 Å². The number of thioether (sulfide) groups is 1. The van der Waals surface area contributed by atoms with Crippen molar-refractivity contribution in [2.75, 3.05) is 35.5 Å². The minimum atomic E-state index is -0.941. The number of rotatable bonds is 11. The van der Waals surface area contributed by atoms with Crippen molar-refractivity contribution in [3.05, 3.63) is 29.8 Å². The molecule has 0 bridgehead atoms. The lowest BCUT2D eigenvalue weighted by Crippen LogP contribution is -2.30. The number of carboxylic acids is 1. The van der Waals surface area contributed by atoms with Crippen LogP contribution in [0.4, 0.5) is 5.69 Å². The Morgan fingerprint density at radius 1 is 1.23 bits per heavy atom. The first-order valence-corrected chi connectivity index (χ1v) is 9.32. The van der Waals surface area contributed by atoms with Crippen molar-refractivity contribution >= 4 is 46.6 Å². The molecule has 3 N–H and O–H groups in total. The number of hydrogen-bond donors (Lipinski definition) is 2. The number of aliphatic carboxylic acids is 1. The van der Waals surface area contributed by atoms with Crippen molar-refractivity contribution in [2.45, 2.75) is 18.2 Å². The fourth-order valence-corrected chi connectivity index (χ4v) is 3.30. The number of alkyl halides is 2. The number of nitrogens with two attached hydrogens (primary N) is 1. The minimum Gasteiger partial charge on any atom is -0.480 e. The van der Waals surface area contributed by atoms with Crippen LogP contribution in [0.3, 0.4) is 0 Å². The highest BCUT2D eigenvalue weighted by molar-refractivity contribution is 7.98. The largest absolute Gasteiger partial charge is 0.480 e. The molecule has 1 atom stereocenters. The Morgan fingerprint density at radius 3 is 2.32 bits per heavy atom. The highest BCUT2D eigenvalue weighted by atomic mass is 35.5. The summed E-state index contributed by atoms with van der Waals surface area (Å²) < 4.78 is 0. The zero-order valence-corrected chi connectivity index (χ0v) is 14.7. The third-order valence-corrected chi connectivity index (χ3v) is 4.57. The molecule has 0 aliphatic carbocycles. The van der Waals surface area contributed by atoms with Gasteiger partial charge in [0.25, 0.3) is 0 Å². The first-order valence-electron chi connectivity index (χ1n) is 7.10. The van der Waals surface area contributed by atoms with Crippen LogP contribution in [-0.2, 0) is 10.5 Å². The van der Waals surface area contributed by atoms with Gasteiger partial charge in [-0.25, -0.2) is 0 Å². The normalized spacial score (nSPS) is 12.1. The van der Waals surface area contributed by atoms with Crippen LogP contribution in [0.2, 0.25) is 0 Å². The molecule has 0 aliphatic rings. The molecule has 0 unspecified atom stereocenters. The number of nitrogens with zero attached hydrogens (tertiary/aromatic N) is 1. The van der Waals surface area contributed by atoms with Gasteiger partial charge in [0.1, 0.15) is 6.04 Å². The molecule has 4 nitrogen and oxygen atoms in total. The van der Waals surface area contributed by atoms with E-state index in [1.807, 2.05) is 0 Å². The summed E-state index contributed by atoms with van der Waals surface area (Å²) in [5.74, 6) is 1.78. The second-order valence-electron chi connectivity index (χ2n) is 4.82. The van der Waals surface area contributed by atoms with Crippen LogP contribution in [-0.4, -0.2) is 47.7 Å². The second-order valence-corrected chi connectivity index (χ2v) is 6.68. The standard InChI is InChI=1S/C15H22Cl2N2O2S/c16-6-8-19(9-7-17)13-3-1-12(2-4-13)11-22-10-5-14(18)15(20)21/h1-4,14H,5-11,18H2,(H,20,21)/t14-/m0/s1. The molecule has 0 spiro atoms. The van der Waals surface area contributed by atoms with Crippen molar-refractivity contribution in [1.82, 2.24) is 0 Å². The average Bonchev–Trinajstić information content (AvgIpc) is 2.51. The van der Waals surface area contributed by atoms with Crippen molar-refractivity contribution < 1.29 is 9.90 Å². The summed E-state index contributed by atoms with van der Waals surface area (Å²) in [6.45, 7) is 1.55. The predicted molar refractivity (Wildman–Crippen MR) is 96.5 cm³/mol. The summed E-state index contributed by atoms with van der Waals surface area (Å²) in [5, 5.41) is 8.71. The fraction of sp³-hybridized carbons (Fsp3) is 0.533. The molecule has 124 valence electrons. The van der Waals surface area contributed by atoms with Crippen LogP contribution in [0.15, 0.2) is 24.3 Å². The number of benzene rings is 1. The molecular weight excluding hydrogens is 343 g/mol. The molecular formula is C15H22Cl2N2O2S. The Labute approximate surface area is 146 Å². The van der Waals surface area contributed by atoms with Crippen molar-refractivity contribution in [1.29, 1.82) is 0 Å². The number of carbonyl (C=O) groups is 1.